The number of phenolic OH excluding ortho intramolecular Hbond substituents is 1. The maximum Gasteiger partial charge on any atom is 0.307 e. The van der Waals surface area contributed by atoms with Crippen LogP contribution in [0.25, 0.3) is 0 Å². The summed E-state index contributed by atoms with van der Waals surface area (Å²) in [6, 6.07) is 4.75. The number of nitriles is 1. The molecule has 0 fully saturated rings. The number of phenols is 1. The lowest BCUT2D eigenvalue weighted by Gasteiger charge is -2.04. The van der Waals surface area contributed by atoms with Gasteiger partial charge in [0.1, 0.15) is 11.8 Å². The van der Waals surface area contributed by atoms with Gasteiger partial charge in [-0.25, -0.2) is 0 Å². The number of carboxylic acid groups (broad SMARTS) is 1. The van der Waals surface area contributed by atoms with Crippen molar-refractivity contribution in [3.8, 4) is 11.8 Å². The van der Waals surface area contributed by atoms with Gasteiger partial charge >= 0.3 is 5.97 Å². The first-order chi connectivity index (χ1) is 6.54. The van der Waals surface area contributed by atoms with E-state index >= 15 is 0 Å². The van der Waals surface area contributed by atoms with Crippen molar-refractivity contribution in [2.24, 2.45) is 0 Å². The fourth-order valence-electron chi connectivity index (χ4n) is 1.22. The second kappa shape index (κ2) is 3.79. The summed E-state index contributed by atoms with van der Waals surface area (Å²) in [5.74, 6) is -1.04. The van der Waals surface area contributed by atoms with Crippen molar-refractivity contribution < 1.29 is 15.0 Å². The molecule has 0 spiro atoms. The third-order valence-electron chi connectivity index (χ3n) is 1.84. The predicted molar refractivity (Wildman–Crippen MR) is 48.9 cm³/mol. The van der Waals surface area contributed by atoms with Gasteiger partial charge in [0.15, 0.2) is 0 Å². The van der Waals surface area contributed by atoms with Crippen LogP contribution in [0.2, 0.25) is 0 Å². The third kappa shape index (κ3) is 2.02. The summed E-state index contributed by atoms with van der Waals surface area (Å²) in [5, 5.41) is 26.6. The highest BCUT2D eigenvalue weighted by Gasteiger charge is 2.08. The number of benzene rings is 1. The molecular weight excluding hydrogens is 182 g/mol. The summed E-state index contributed by atoms with van der Waals surface area (Å²) in [5.41, 5.74) is 1.14. The predicted octanol–water partition coefficient (Wildman–Crippen LogP) is 1.20. The Morgan fingerprint density at radius 3 is 2.71 bits per heavy atom. The Morgan fingerprint density at radius 1 is 1.57 bits per heavy atom. The number of carboxylic acids is 1. The first kappa shape index (κ1) is 10.1. The summed E-state index contributed by atoms with van der Waals surface area (Å²) in [4.78, 5) is 10.4. The van der Waals surface area contributed by atoms with Crippen LogP contribution in [0.15, 0.2) is 12.1 Å². The zero-order chi connectivity index (χ0) is 10.7. The second-order valence-corrected chi connectivity index (χ2v) is 2.99. The number of aryl methyl sites for hydroxylation is 1. The Balaban J connectivity index is 3.18. The molecule has 0 heterocycles. The van der Waals surface area contributed by atoms with Crippen LogP contribution in [-0.2, 0) is 11.2 Å². The van der Waals surface area contributed by atoms with E-state index in [9.17, 15) is 9.90 Å². The van der Waals surface area contributed by atoms with E-state index in [1.54, 1.807) is 19.1 Å². The number of hydrogen-bond acceptors (Lipinski definition) is 3. The van der Waals surface area contributed by atoms with Crippen LogP contribution in [0, 0.1) is 18.3 Å². The fourth-order valence-corrected chi connectivity index (χ4v) is 1.22. The normalized spacial score (nSPS) is 9.43. The molecule has 1 rings (SSSR count). The molecule has 0 saturated heterocycles. The molecular formula is C10H9NO3. The van der Waals surface area contributed by atoms with E-state index < -0.39 is 5.97 Å². The van der Waals surface area contributed by atoms with Gasteiger partial charge in [-0.05, 0) is 24.1 Å². The molecule has 0 amide bonds. The van der Waals surface area contributed by atoms with Crippen molar-refractivity contribution in [3.63, 3.8) is 0 Å². The van der Waals surface area contributed by atoms with Crippen molar-refractivity contribution >= 4 is 5.97 Å². The average Bonchev–Trinajstić information content (AvgIpc) is 2.10. The fraction of sp³-hybridized carbons (Fsp3) is 0.200. The smallest absolute Gasteiger partial charge is 0.307 e. The van der Waals surface area contributed by atoms with E-state index in [1.165, 1.54) is 6.07 Å². The molecule has 0 unspecified atom stereocenters. The number of aromatic hydroxyl groups is 1. The first-order valence-electron chi connectivity index (χ1n) is 3.99. The zero-order valence-corrected chi connectivity index (χ0v) is 7.61. The number of rotatable bonds is 2. The van der Waals surface area contributed by atoms with Crippen molar-refractivity contribution in [3.05, 3.63) is 28.8 Å². The second-order valence-electron chi connectivity index (χ2n) is 2.99. The zero-order valence-electron chi connectivity index (χ0n) is 7.61. The number of nitrogens with zero attached hydrogens (tertiary/aromatic N) is 1. The molecule has 1 aromatic rings. The maximum absolute atomic E-state index is 10.4. The van der Waals surface area contributed by atoms with Gasteiger partial charge in [0.25, 0.3) is 0 Å². The maximum atomic E-state index is 10.4. The molecule has 72 valence electrons. The molecule has 2 N–H and O–H groups in total. The highest BCUT2D eigenvalue weighted by molar-refractivity contribution is 5.71. The lowest BCUT2D eigenvalue weighted by atomic mass is 10.0. The molecule has 0 aliphatic carbocycles. The van der Waals surface area contributed by atoms with Gasteiger partial charge in [0.05, 0.1) is 12.0 Å². The van der Waals surface area contributed by atoms with E-state index in [4.69, 9.17) is 10.4 Å². The van der Waals surface area contributed by atoms with Crippen LogP contribution in [0.1, 0.15) is 16.7 Å². The van der Waals surface area contributed by atoms with Crippen LogP contribution in [0.4, 0.5) is 0 Å². The minimum Gasteiger partial charge on any atom is -0.506 e. The van der Waals surface area contributed by atoms with Gasteiger partial charge in [-0.15, -0.1) is 0 Å². The van der Waals surface area contributed by atoms with E-state index in [0.717, 1.165) is 0 Å². The molecule has 0 aromatic heterocycles. The van der Waals surface area contributed by atoms with Crippen molar-refractivity contribution in [1.82, 2.24) is 0 Å². The molecule has 0 radical (unpaired) electrons. The highest BCUT2D eigenvalue weighted by atomic mass is 16.4. The number of carbonyl (C=O) groups is 1. The van der Waals surface area contributed by atoms with Crippen LogP contribution in [0.5, 0.6) is 5.75 Å². The Hall–Kier alpha value is -2.02. The minimum absolute atomic E-state index is 0.0818. The molecule has 0 aliphatic heterocycles. The Labute approximate surface area is 81.0 Å². The van der Waals surface area contributed by atoms with E-state index in [1.807, 2.05) is 0 Å². The number of aliphatic carboxylic acids is 1. The van der Waals surface area contributed by atoms with E-state index in [2.05, 4.69) is 0 Å². The highest BCUT2D eigenvalue weighted by Crippen LogP contribution is 2.23. The third-order valence-corrected chi connectivity index (χ3v) is 1.84. The molecule has 4 nitrogen and oxygen atoms in total. The lowest BCUT2D eigenvalue weighted by Crippen LogP contribution is -2.00. The van der Waals surface area contributed by atoms with E-state index in [-0.39, 0.29) is 17.7 Å². The molecule has 4 heteroatoms. The summed E-state index contributed by atoms with van der Waals surface area (Å²) in [7, 11) is 0. The van der Waals surface area contributed by atoms with Crippen LogP contribution >= 0.6 is 0 Å². The molecule has 0 atom stereocenters. The number of hydrogen-bond donors (Lipinski definition) is 2. The Morgan fingerprint density at radius 2 is 2.21 bits per heavy atom. The van der Waals surface area contributed by atoms with Crippen molar-refractivity contribution in [1.29, 1.82) is 5.26 Å². The molecule has 14 heavy (non-hydrogen) atoms. The summed E-state index contributed by atoms with van der Waals surface area (Å²) < 4.78 is 0. The first-order valence-corrected chi connectivity index (χ1v) is 3.99. The standard InChI is InChI=1S/C10H9NO3/c1-6-2-7(4-9(12)13)3-8(5-11)10(6)14/h2-3,14H,4H2,1H3,(H,12,13). The summed E-state index contributed by atoms with van der Waals surface area (Å²) >= 11 is 0. The molecule has 0 aliphatic rings. The van der Waals surface area contributed by atoms with E-state index in [0.29, 0.717) is 11.1 Å². The van der Waals surface area contributed by atoms with Gasteiger partial charge in [0, 0.05) is 0 Å². The monoisotopic (exact) mass is 191 g/mol. The molecule has 0 saturated carbocycles. The van der Waals surface area contributed by atoms with Gasteiger partial charge in [-0.1, -0.05) is 6.07 Å². The summed E-state index contributed by atoms with van der Waals surface area (Å²) in [6.07, 6.45) is -0.143. The van der Waals surface area contributed by atoms with Crippen LogP contribution < -0.4 is 0 Å². The van der Waals surface area contributed by atoms with Crippen molar-refractivity contribution in [2.45, 2.75) is 13.3 Å². The van der Waals surface area contributed by atoms with Gasteiger partial charge in [0.2, 0.25) is 0 Å². The average molecular weight is 191 g/mol. The Kier molecular flexibility index (Phi) is 2.73. The topological polar surface area (TPSA) is 81.3 Å². The van der Waals surface area contributed by atoms with Gasteiger partial charge in [-0.3, -0.25) is 4.79 Å². The van der Waals surface area contributed by atoms with Gasteiger partial charge in [-0.2, -0.15) is 5.26 Å². The largest absolute Gasteiger partial charge is 0.506 e. The quantitative estimate of drug-likeness (QED) is 0.735. The van der Waals surface area contributed by atoms with Crippen LogP contribution in [0.3, 0.4) is 0 Å². The van der Waals surface area contributed by atoms with Gasteiger partial charge < -0.3 is 10.2 Å². The van der Waals surface area contributed by atoms with Crippen LogP contribution in [-0.4, -0.2) is 16.2 Å². The molecule has 1 aromatic carbocycles. The lowest BCUT2D eigenvalue weighted by molar-refractivity contribution is -0.136. The SMILES string of the molecule is Cc1cc(CC(=O)O)cc(C#N)c1O. The molecule has 0 bridgehead atoms. The summed E-state index contributed by atoms with van der Waals surface area (Å²) in [6.45, 7) is 1.63. The minimum atomic E-state index is -0.959. The van der Waals surface area contributed by atoms with Crippen molar-refractivity contribution in [2.75, 3.05) is 0 Å². The Bertz CT molecular complexity index is 418.